The first-order chi connectivity index (χ1) is 15.1. The SMILES string of the molecule is Cn1cc(-c2ccc3c(c2)C(CCO)(c2ccccc2)CC3)c2ccn(SI)c2c1=O. The Kier molecular flexibility index (Phi) is 5.48. The molecule has 2 aromatic carbocycles. The molecular formula is C25H23IN2O2S. The van der Waals surface area contributed by atoms with E-state index in [0.29, 0.717) is 11.9 Å². The van der Waals surface area contributed by atoms with E-state index < -0.39 is 0 Å². The van der Waals surface area contributed by atoms with Crippen molar-refractivity contribution in [1.29, 1.82) is 0 Å². The minimum Gasteiger partial charge on any atom is -0.396 e. The van der Waals surface area contributed by atoms with E-state index in [1.54, 1.807) is 4.57 Å². The second-order valence-electron chi connectivity index (χ2n) is 8.23. The van der Waals surface area contributed by atoms with Gasteiger partial charge in [-0.3, -0.25) is 8.77 Å². The van der Waals surface area contributed by atoms with Gasteiger partial charge < -0.3 is 9.67 Å². The maximum Gasteiger partial charge on any atom is 0.275 e. The van der Waals surface area contributed by atoms with Gasteiger partial charge in [-0.1, -0.05) is 42.5 Å². The zero-order valence-corrected chi connectivity index (χ0v) is 20.2. The summed E-state index contributed by atoms with van der Waals surface area (Å²) in [6, 6.07) is 19.3. The molecule has 1 aliphatic carbocycles. The third-order valence-corrected chi connectivity index (χ3v) is 8.41. The second kappa shape index (κ2) is 8.15. The number of hydrogen-bond acceptors (Lipinski definition) is 3. The molecule has 0 saturated carbocycles. The van der Waals surface area contributed by atoms with E-state index in [1.165, 1.54) is 25.8 Å². The number of aromatic nitrogens is 2. The van der Waals surface area contributed by atoms with Gasteiger partial charge in [0.2, 0.25) is 0 Å². The van der Waals surface area contributed by atoms with Crippen LogP contribution in [0.4, 0.5) is 0 Å². The molecule has 0 radical (unpaired) electrons. The molecule has 1 N–H and O–H groups in total. The molecule has 1 atom stereocenters. The number of nitrogens with zero attached hydrogens (tertiary/aromatic N) is 2. The molecule has 6 heteroatoms. The van der Waals surface area contributed by atoms with Crippen molar-refractivity contribution in [2.24, 2.45) is 7.05 Å². The Hall–Kier alpha value is -2.03. The highest BCUT2D eigenvalue weighted by atomic mass is 127. The van der Waals surface area contributed by atoms with Crippen LogP contribution in [0.5, 0.6) is 0 Å². The van der Waals surface area contributed by atoms with Crippen LogP contribution in [0.25, 0.3) is 22.0 Å². The van der Waals surface area contributed by atoms with Crippen molar-refractivity contribution in [3.05, 3.63) is 94.0 Å². The first-order valence-electron chi connectivity index (χ1n) is 10.4. The van der Waals surface area contributed by atoms with E-state index in [4.69, 9.17) is 0 Å². The molecule has 31 heavy (non-hydrogen) atoms. The summed E-state index contributed by atoms with van der Waals surface area (Å²) in [5, 5.41) is 10.9. The first kappa shape index (κ1) is 20.8. The lowest BCUT2D eigenvalue weighted by molar-refractivity contribution is 0.252. The summed E-state index contributed by atoms with van der Waals surface area (Å²) in [7, 11) is 3.31. The van der Waals surface area contributed by atoms with E-state index in [9.17, 15) is 9.90 Å². The van der Waals surface area contributed by atoms with E-state index in [-0.39, 0.29) is 17.6 Å². The summed E-state index contributed by atoms with van der Waals surface area (Å²) in [4.78, 5) is 12.8. The Morgan fingerprint density at radius 3 is 2.71 bits per heavy atom. The summed E-state index contributed by atoms with van der Waals surface area (Å²) in [5.74, 6) is 0. The van der Waals surface area contributed by atoms with Crippen LogP contribution in [0.2, 0.25) is 0 Å². The Morgan fingerprint density at radius 1 is 1.16 bits per heavy atom. The number of hydrogen-bond donors (Lipinski definition) is 1. The third kappa shape index (κ3) is 3.27. The fraction of sp³-hybridized carbons (Fsp3) is 0.240. The molecule has 0 bridgehead atoms. The highest BCUT2D eigenvalue weighted by Crippen LogP contribution is 2.48. The molecule has 2 aromatic heterocycles. The minimum atomic E-state index is -0.175. The van der Waals surface area contributed by atoms with Gasteiger partial charge in [0.05, 0.1) is 0 Å². The van der Waals surface area contributed by atoms with Gasteiger partial charge in [0.1, 0.15) is 5.52 Å². The van der Waals surface area contributed by atoms with Crippen LogP contribution >= 0.6 is 30.3 Å². The molecule has 0 saturated heterocycles. The lowest BCUT2D eigenvalue weighted by Crippen LogP contribution is -2.26. The van der Waals surface area contributed by atoms with Crippen LogP contribution in [0.1, 0.15) is 29.5 Å². The second-order valence-corrected chi connectivity index (χ2v) is 9.94. The van der Waals surface area contributed by atoms with Gasteiger partial charge in [-0.05, 0) is 53.6 Å². The van der Waals surface area contributed by atoms with Crippen molar-refractivity contribution >= 4 is 41.2 Å². The van der Waals surface area contributed by atoms with Crippen molar-refractivity contribution < 1.29 is 5.11 Å². The number of aliphatic hydroxyl groups is 1. The first-order valence-corrected chi connectivity index (χ1v) is 13.7. The fourth-order valence-corrected chi connectivity index (χ4v) is 6.50. The van der Waals surface area contributed by atoms with Gasteiger partial charge in [0, 0.05) is 72.7 Å². The van der Waals surface area contributed by atoms with Crippen molar-refractivity contribution in [1.82, 2.24) is 8.54 Å². The molecule has 0 aliphatic heterocycles. The van der Waals surface area contributed by atoms with E-state index in [2.05, 4.69) is 63.7 Å². The molecule has 4 nitrogen and oxygen atoms in total. The van der Waals surface area contributed by atoms with Crippen LogP contribution in [0.15, 0.2) is 71.8 Å². The molecule has 0 spiro atoms. The minimum absolute atomic E-state index is 0.00740. The van der Waals surface area contributed by atoms with Crippen molar-refractivity contribution in [3.63, 3.8) is 0 Å². The predicted octanol–water partition coefficient (Wildman–Crippen LogP) is 5.47. The van der Waals surface area contributed by atoms with Crippen molar-refractivity contribution in [3.8, 4) is 11.1 Å². The average molecular weight is 542 g/mol. The summed E-state index contributed by atoms with van der Waals surface area (Å²) in [5.41, 5.74) is 6.62. The zero-order chi connectivity index (χ0) is 21.6. The van der Waals surface area contributed by atoms with Crippen molar-refractivity contribution in [2.45, 2.75) is 24.7 Å². The van der Waals surface area contributed by atoms with Gasteiger partial charge >= 0.3 is 0 Å². The number of aryl methyl sites for hydroxylation is 2. The monoisotopic (exact) mass is 542 g/mol. The lowest BCUT2D eigenvalue weighted by Gasteiger charge is -2.31. The van der Waals surface area contributed by atoms with Crippen LogP contribution < -0.4 is 5.56 Å². The molecule has 1 aliphatic rings. The van der Waals surface area contributed by atoms with Gasteiger partial charge in [0.15, 0.2) is 0 Å². The topological polar surface area (TPSA) is 47.2 Å². The number of aliphatic hydroxyl groups excluding tert-OH is 1. The van der Waals surface area contributed by atoms with Crippen molar-refractivity contribution in [2.75, 3.05) is 6.61 Å². The molecule has 158 valence electrons. The number of rotatable bonds is 5. The number of benzene rings is 2. The molecule has 0 amide bonds. The average Bonchev–Trinajstić information content (AvgIpc) is 3.39. The van der Waals surface area contributed by atoms with Gasteiger partial charge in [-0.2, -0.15) is 0 Å². The summed E-state index contributed by atoms with van der Waals surface area (Å²) in [6.07, 6.45) is 6.62. The van der Waals surface area contributed by atoms with E-state index in [0.717, 1.165) is 29.4 Å². The highest BCUT2D eigenvalue weighted by molar-refractivity contribution is 14.2. The van der Waals surface area contributed by atoms with Gasteiger partial charge in [0.25, 0.3) is 5.56 Å². The van der Waals surface area contributed by atoms with Crippen LogP contribution in [0, 0.1) is 0 Å². The highest BCUT2D eigenvalue weighted by Gasteiger charge is 2.39. The Labute approximate surface area is 197 Å². The Morgan fingerprint density at radius 2 is 1.97 bits per heavy atom. The lowest BCUT2D eigenvalue weighted by atomic mass is 9.72. The fourth-order valence-electron chi connectivity index (χ4n) is 5.16. The maximum absolute atomic E-state index is 12.8. The molecule has 5 rings (SSSR count). The van der Waals surface area contributed by atoms with Crippen LogP contribution in [-0.2, 0) is 18.9 Å². The van der Waals surface area contributed by atoms with Crippen LogP contribution in [-0.4, -0.2) is 20.3 Å². The predicted molar refractivity (Wildman–Crippen MR) is 137 cm³/mol. The van der Waals surface area contributed by atoms with Gasteiger partial charge in [-0.15, -0.1) is 0 Å². The Bertz CT molecular complexity index is 1320. The maximum atomic E-state index is 12.8. The number of fused-ring (bicyclic) bond motifs is 2. The molecule has 2 heterocycles. The molecular weight excluding hydrogens is 519 g/mol. The summed E-state index contributed by atoms with van der Waals surface area (Å²) >= 11 is 2.20. The van der Waals surface area contributed by atoms with Gasteiger partial charge in [-0.25, -0.2) is 0 Å². The smallest absolute Gasteiger partial charge is 0.275 e. The van der Waals surface area contributed by atoms with E-state index >= 15 is 0 Å². The van der Waals surface area contributed by atoms with E-state index in [1.807, 2.05) is 35.5 Å². The number of pyridine rings is 1. The standard InChI is InChI=1S/C25H23IN2O2S/c1-27-16-21(20-10-13-28(31-26)23(20)24(27)30)18-8-7-17-9-11-25(12-14-29,22(17)15-18)19-5-3-2-4-6-19/h2-8,10,13,15-16,29H,9,11-12,14H2,1H3. The molecule has 4 aromatic rings. The molecule has 0 fully saturated rings. The van der Waals surface area contributed by atoms with Crippen LogP contribution in [0.3, 0.4) is 0 Å². The quantitative estimate of drug-likeness (QED) is 0.341. The molecule has 1 unspecified atom stereocenters. The zero-order valence-electron chi connectivity index (χ0n) is 17.2. The normalized spacial score (nSPS) is 17.9. The summed E-state index contributed by atoms with van der Waals surface area (Å²) in [6.45, 7) is 0.151. The largest absolute Gasteiger partial charge is 0.396 e. The number of halogens is 1. The summed E-state index contributed by atoms with van der Waals surface area (Å²) < 4.78 is 3.60. The third-order valence-electron chi connectivity index (χ3n) is 6.68. The Balaban J connectivity index is 1.74.